The molecule has 20 heavy (non-hydrogen) atoms. The summed E-state index contributed by atoms with van der Waals surface area (Å²) < 4.78 is 0.845. The van der Waals surface area contributed by atoms with Crippen LogP contribution in [0, 0.1) is 0 Å². The minimum Gasteiger partial charge on any atom is -0.351 e. The molecule has 1 aromatic carbocycles. The topological polar surface area (TPSA) is 32.3 Å². The zero-order chi connectivity index (χ0) is 15.3. The highest BCUT2D eigenvalue weighted by atomic mass is 79.9. The summed E-state index contributed by atoms with van der Waals surface area (Å²) in [6, 6.07) is 6.19. The number of hydrogen-bond donors (Lipinski definition) is 1. The van der Waals surface area contributed by atoms with Gasteiger partial charge in [0, 0.05) is 29.6 Å². The molecule has 0 bridgehead atoms. The summed E-state index contributed by atoms with van der Waals surface area (Å²) in [5.74, 6) is -0.135. The second kappa shape index (κ2) is 8.01. The summed E-state index contributed by atoms with van der Waals surface area (Å²) >= 11 is 9.39. The third kappa shape index (κ3) is 5.08. The summed E-state index contributed by atoms with van der Waals surface area (Å²) in [7, 11) is 0. The van der Waals surface area contributed by atoms with Crippen LogP contribution < -0.4 is 5.32 Å². The van der Waals surface area contributed by atoms with E-state index in [1.54, 1.807) is 12.1 Å². The van der Waals surface area contributed by atoms with Crippen LogP contribution >= 0.6 is 27.5 Å². The number of benzene rings is 1. The van der Waals surface area contributed by atoms with Gasteiger partial charge in [0.15, 0.2) is 0 Å². The molecule has 5 heteroatoms. The first-order valence-corrected chi connectivity index (χ1v) is 7.99. The molecule has 0 spiro atoms. The van der Waals surface area contributed by atoms with Gasteiger partial charge in [0.2, 0.25) is 0 Å². The number of carbonyl (C=O) groups is 1. The van der Waals surface area contributed by atoms with E-state index >= 15 is 0 Å². The Bertz CT molecular complexity index is 455. The Hall–Kier alpha value is -0.580. The van der Waals surface area contributed by atoms with E-state index in [9.17, 15) is 4.79 Å². The minimum atomic E-state index is -0.135. The summed E-state index contributed by atoms with van der Waals surface area (Å²) in [6.45, 7) is 10.1. The predicted octanol–water partition coefficient (Wildman–Crippen LogP) is 3.95. The summed E-state index contributed by atoms with van der Waals surface area (Å²) in [6.07, 6.45) is 0. The van der Waals surface area contributed by atoms with E-state index in [2.05, 4.69) is 53.8 Å². The number of nitrogens with one attached hydrogen (secondary N) is 1. The molecule has 0 aliphatic heterocycles. The van der Waals surface area contributed by atoms with Crippen LogP contribution in [-0.4, -0.2) is 36.0 Å². The number of halogens is 2. The van der Waals surface area contributed by atoms with Crippen molar-refractivity contribution in [1.82, 2.24) is 10.2 Å². The Morgan fingerprint density at radius 1 is 1.30 bits per heavy atom. The zero-order valence-electron chi connectivity index (χ0n) is 12.4. The van der Waals surface area contributed by atoms with Crippen molar-refractivity contribution in [2.24, 2.45) is 0 Å². The minimum absolute atomic E-state index is 0.135. The Morgan fingerprint density at radius 2 is 1.90 bits per heavy atom. The predicted molar refractivity (Wildman–Crippen MR) is 88.5 cm³/mol. The molecular formula is C15H22BrClN2O. The van der Waals surface area contributed by atoms with Crippen LogP contribution in [0.5, 0.6) is 0 Å². The smallest absolute Gasteiger partial charge is 0.252 e. The molecule has 0 aliphatic rings. The average Bonchev–Trinajstić information content (AvgIpc) is 2.36. The number of hydrogen-bond acceptors (Lipinski definition) is 2. The molecule has 0 saturated carbocycles. The van der Waals surface area contributed by atoms with Crippen LogP contribution in [0.2, 0.25) is 5.02 Å². The third-order valence-electron chi connectivity index (χ3n) is 3.16. The van der Waals surface area contributed by atoms with Gasteiger partial charge in [-0.3, -0.25) is 9.69 Å². The largest absolute Gasteiger partial charge is 0.351 e. The van der Waals surface area contributed by atoms with Crippen molar-refractivity contribution in [1.29, 1.82) is 0 Å². The van der Waals surface area contributed by atoms with Gasteiger partial charge in [0.1, 0.15) is 0 Å². The van der Waals surface area contributed by atoms with Gasteiger partial charge in [-0.15, -0.1) is 0 Å². The number of rotatable bonds is 6. The Labute approximate surface area is 134 Å². The van der Waals surface area contributed by atoms with Gasteiger partial charge in [-0.1, -0.05) is 27.5 Å². The standard InChI is InChI=1S/C15H22BrClN2O/c1-10(2)19(11(3)4)8-7-18-15(20)13-9-12(16)5-6-14(13)17/h5-6,9-11H,7-8H2,1-4H3,(H,18,20). The normalized spacial score (nSPS) is 11.4. The summed E-state index contributed by atoms with van der Waals surface area (Å²) in [5.41, 5.74) is 0.502. The van der Waals surface area contributed by atoms with E-state index in [1.165, 1.54) is 0 Å². The van der Waals surface area contributed by atoms with E-state index in [0.717, 1.165) is 11.0 Å². The van der Waals surface area contributed by atoms with E-state index in [4.69, 9.17) is 11.6 Å². The lowest BCUT2D eigenvalue weighted by atomic mass is 10.2. The number of nitrogens with zero attached hydrogens (tertiary/aromatic N) is 1. The second-order valence-corrected chi connectivity index (χ2v) is 6.63. The van der Waals surface area contributed by atoms with Crippen LogP contribution in [-0.2, 0) is 0 Å². The molecule has 112 valence electrons. The van der Waals surface area contributed by atoms with Gasteiger partial charge in [-0.2, -0.15) is 0 Å². The van der Waals surface area contributed by atoms with E-state index < -0.39 is 0 Å². The highest BCUT2D eigenvalue weighted by molar-refractivity contribution is 9.10. The van der Waals surface area contributed by atoms with Gasteiger partial charge in [-0.05, 0) is 45.9 Å². The molecule has 0 fully saturated rings. The summed E-state index contributed by atoms with van der Waals surface area (Å²) in [5, 5.41) is 3.39. The maximum atomic E-state index is 12.1. The molecule has 0 unspecified atom stereocenters. The van der Waals surface area contributed by atoms with Gasteiger partial charge in [-0.25, -0.2) is 0 Å². The fraction of sp³-hybridized carbons (Fsp3) is 0.533. The van der Waals surface area contributed by atoms with Gasteiger partial charge >= 0.3 is 0 Å². The van der Waals surface area contributed by atoms with Crippen molar-refractivity contribution in [3.05, 3.63) is 33.3 Å². The van der Waals surface area contributed by atoms with Crippen molar-refractivity contribution in [3.63, 3.8) is 0 Å². The molecule has 0 saturated heterocycles. The van der Waals surface area contributed by atoms with E-state index in [0.29, 0.717) is 29.2 Å². The Morgan fingerprint density at radius 3 is 2.45 bits per heavy atom. The fourth-order valence-electron chi connectivity index (χ4n) is 2.18. The summed E-state index contributed by atoms with van der Waals surface area (Å²) in [4.78, 5) is 14.4. The van der Waals surface area contributed by atoms with Crippen molar-refractivity contribution >= 4 is 33.4 Å². The average molecular weight is 362 g/mol. The molecule has 1 rings (SSSR count). The van der Waals surface area contributed by atoms with Gasteiger partial charge in [0.05, 0.1) is 10.6 Å². The monoisotopic (exact) mass is 360 g/mol. The molecular weight excluding hydrogens is 340 g/mol. The van der Waals surface area contributed by atoms with Crippen LogP contribution in [0.1, 0.15) is 38.1 Å². The molecule has 1 aromatic rings. The lowest BCUT2D eigenvalue weighted by Gasteiger charge is -2.30. The van der Waals surface area contributed by atoms with E-state index in [1.807, 2.05) is 6.07 Å². The van der Waals surface area contributed by atoms with Crippen molar-refractivity contribution in [2.45, 2.75) is 39.8 Å². The molecule has 0 aromatic heterocycles. The third-order valence-corrected chi connectivity index (χ3v) is 3.98. The van der Waals surface area contributed by atoms with Crippen molar-refractivity contribution in [3.8, 4) is 0 Å². The van der Waals surface area contributed by atoms with Crippen LogP contribution in [0.25, 0.3) is 0 Å². The maximum absolute atomic E-state index is 12.1. The van der Waals surface area contributed by atoms with Crippen molar-refractivity contribution < 1.29 is 4.79 Å². The molecule has 0 heterocycles. The van der Waals surface area contributed by atoms with Gasteiger partial charge < -0.3 is 5.32 Å². The van der Waals surface area contributed by atoms with Crippen molar-refractivity contribution in [2.75, 3.05) is 13.1 Å². The molecule has 1 N–H and O–H groups in total. The molecule has 0 atom stereocenters. The zero-order valence-corrected chi connectivity index (χ0v) is 14.8. The molecule has 1 amide bonds. The first kappa shape index (κ1) is 17.5. The Balaban J connectivity index is 2.57. The second-order valence-electron chi connectivity index (χ2n) is 5.31. The quantitative estimate of drug-likeness (QED) is 0.832. The lowest BCUT2D eigenvalue weighted by Crippen LogP contribution is -2.42. The number of carbonyl (C=O) groups excluding carboxylic acids is 1. The maximum Gasteiger partial charge on any atom is 0.252 e. The molecule has 3 nitrogen and oxygen atoms in total. The lowest BCUT2D eigenvalue weighted by molar-refractivity contribution is 0.0939. The van der Waals surface area contributed by atoms with Crippen LogP contribution in [0.3, 0.4) is 0 Å². The first-order valence-electron chi connectivity index (χ1n) is 6.82. The highest BCUT2D eigenvalue weighted by Crippen LogP contribution is 2.20. The highest BCUT2D eigenvalue weighted by Gasteiger charge is 2.14. The van der Waals surface area contributed by atoms with Crippen LogP contribution in [0.4, 0.5) is 0 Å². The van der Waals surface area contributed by atoms with Crippen LogP contribution in [0.15, 0.2) is 22.7 Å². The molecule has 0 radical (unpaired) electrons. The molecule has 0 aliphatic carbocycles. The SMILES string of the molecule is CC(C)N(CCNC(=O)c1cc(Br)ccc1Cl)C(C)C. The van der Waals surface area contributed by atoms with E-state index in [-0.39, 0.29) is 5.91 Å². The number of amides is 1. The first-order chi connectivity index (χ1) is 9.32. The fourth-order valence-corrected chi connectivity index (χ4v) is 2.74. The van der Waals surface area contributed by atoms with Gasteiger partial charge in [0.25, 0.3) is 5.91 Å². The Kier molecular flexibility index (Phi) is 7.00.